The summed E-state index contributed by atoms with van der Waals surface area (Å²) in [6.07, 6.45) is 1.29. The van der Waals surface area contributed by atoms with Gasteiger partial charge in [-0.2, -0.15) is 0 Å². The second kappa shape index (κ2) is 6.15. The van der Waals surface area contributed by atoms with Crippen LogP contribution in [0.5, 0.6) is 0 Å². The van der Waals surface area contributed by atoms with Crippen molar-refractivity contribution in [2.24, 2.45) is 5.92 Å². The quantitative estimate of drug-likeness (QED) is 0.610. The van der Waals surface area contributed by atoms with Crippen molar-refractivity contribution in [3.63, 3.8) is 0 Å². The molecule has 0 saturated carbocycles. The van der Waals surface area contributed by atoms with Gasteiger partial charge in [0.15, 0.2) is 0 Å². The molecule has 0 radical (unpaired) electrons. The fraction of sp³-hybridized carbons (Fsp3) is 0.833. The lowest BCUT2D eigenvalue weighted by atomic mass is 9.95. The zero-order valence-electron chi connectivity index (χ0n) is 11.0. The van der Waals surface area contributed by atoms with E-state index in [4.69, 9.17) is 5.11 Å². The first kappa shape index (κ1) is 14.9. The van der Waals surface area contributed by atoms with Crippen LogP contribution < -0.4 is 5.32 Å². The molecular formula is C12H22N2O4. The van der Waals surface area contributed by atoms with Gasteiger partial charge >= 0.3 is 0 Å². The van der Waals surface area contributed by atoms with E-state index in [0.717, 1.165) is 0 Å². The average molecular weight is 258 g/mol. The molecule has 0 aromatic heterocycles. The molecule has 0 aromatic carbocycles. The molecule has 1 rings (SSSR count). The minimum absolute atomic E-state index is 0.0370. The van der Waals surface area contributed by atoms with Gasteiger partial charge in [-0.1, -0.05) is 0 Å². The van der Waals surface area contributed by atoms with Crippen LogP contribution in [0.3, 0.4) is 0 Å². The highest BCUT2D eigenvalue weighted by atomic mass is 16.3. The maximum absolute atomic E-state index is 11.8. The molecule has 1 unspecified atom stereocenters. The van der Waals surface area contributed by atoms with E-state index in [9.17, 15) is 14.7 Å². The Labute approximate surface area is 107 Å². The molecule has 6 nitrogen and oxygen atoms in total. The van der Waals surface area contributed by atoms with E-state index in [2.05, 4.69) is 5.32 Å². The summed E-state index contributed by atoms with van der Waals surface area (Å²) in [7, 11) is 0. The predicted molar refractivity (Wildman–Crippen MR) is 65.7 cm³/mol. The molecular weight excluding hydrogens is 236 g/mol. The molecule has 1 fully saturated rings. The van der Waals surface area contributed by atoms with Crippen LogP contribution >= 0.6 is 0 Å². The van der Waals surface area contributed by atoms with Gasteiger partial charge in [-0.15, -0.1) is 0 Å². The number of piperidine rings is 1. The van der Waals surface area contributed by atoms with Crippen LogP contribution in [0.1, 0.15) is 26.7 Å². The Kier molecular flexibility index (Phi) is 5.10. The van der Waals surface area contributed by atoms with Gasteiger partial charge < -0.3 is 20.4 Å². The predicted octanol–water partition coefficient (Wildman–Crippen LogP) is -0.896. The molecule has 1 aliphatic heterocycles. The van der Waals surface area contributed by atoms with Gasteiger partial charge in [0, 0.05) is 32.5 Å². The van der Waals surface area contributed by atoms with Gasteiger partial charge in [-0.25, -0.2) is 0 Å². The molecule has 2 amide bonds. The Hall–Kier alpha value is -1.14. The van der Waals surface area contributed by atoms with Gasteiger partial charge in [-0.3, -0.25) is 9.59 Å². The van der Waals surface area contributed by atoms with Gasteiger partial charge in [0.1, 0.15) is 5.60 Å². The maximum Gasteiger partial charge on any atom is 0.223 e. The smallest absolute Gasteiger partial charge is 0.223 e. The lowest BCUT2D eigenvalue weighted by molar-refractivity contribution is -0.134. The number of nitrogens with zero attached hydrogens (tertiary/aromatic N) is 1. The van der Waals surface area contributed by atoms with Crippen molar-refractivity contribution in [3.05, 3.63) is 0 Å². The Morgan fingerprint density at radius 2 is 1.94 bits per heavy atom. The number of rotatable bonds is 4. The minimum Gasteiger partial charge on any atom is -0.393 e. The van der Waals surface area contributed by atoms with Gasteiger partial charge in [0.2, 0.25) is 11.8 Å². The van der Waals surface area contributed by atoms with Crippen molar-refractivity contribution in [2.45, 2.75) is 32.3 Å². The van der Waals surface area contributed by atoms with Crippen molar-refractivity contribution >= 4 is 11.8 Å². The second-order valence-electron chi connectivity index (χ2n) is 5.15. The van der Waals surface area contributed by atoms with E-state index < -0.39 is 12.2 Å². The van der Waals surface area contributed by atoms with Crippen LogP contribution in [0.25, 0.3) is 0 Å². The number of hydrogen-bond donors (Lipinski definition) is 3. The van der Waals surface area contributed by atoms with Crippen LogP contribution in [0, 0.1) is 5.92 Å². The summed E-state index contributed by atoms with van der Waals surface area (Å²) < 4.78 is 0. The minimum atomic E-state index is -1.28. The fourth-order valence-electron chi connectivity index (χ4n) is 1.93. The Balaban J connectivity index is 2.34. The van der Waals surface area contributed by atoms with Gasteiger partial charge in [-0.05, 0) is 19.8 Å². The van der Waals surface area contributed by atoms with Crippen molar-refractivity contribution in [2.75, 3.05) is 26.2 Å². The molecule has 104 valence electrons. The molecule has 3 N–H and O–H groups in total. The molecule has 1 aliphatic rings. The zero-order chi connectivity index (χ0) is 13.8. The van der Waals surface area contributed by atoms with Crippen molar-refractivity contribution in [1.29, 1.82) is 0 Å². The molecule has 1 heterocycles. The monoisotopic (exact) mass is 258 g/mol. The number of aliphatic hydroxyl groups is 2. The van der Waals surface area contributed by atoms with Crippen LogP contribution in [-0.2, 0) is 9.59 Å². The summed E-state index contributed by atoms with van der Waals surface area (Å²) in [5.74, 6) is -0.195. The zero-order valence-corrected chi connectivity index (χ0v) is 11.0. The molecule has 0 bridgehead atoms. The highest BCUT2D eigenvalue weighted by molar-refractivity contribution is 5.79. The summed E-state index contributed by atoms with van der Waals surface area (Å²) >= 11 is 0. The van der Waals surface area contributed by atoms with Gasteiger partial charge in [0.05, 0.1) is 6.61 Å². The van der Waals surface area contributed by atoms with Crippen LogP contribution in [0.15, 0.2) is 0 Å². The number of aliphatic hydroxyl groups excluding tert-OH is 1. The SMILES string of the molecule is CC(=O)N1CCC(C(=O)NCC(C)(O)CO)CC1. The summed E-state index contributed by atoms with van der Waals surface area (Å²) in [6, 6.07) is 0. The summed E-state index contributed by atoms with van der Waals surface area (Å²) in [5.41, 5.74) is -1.28. The summed E-state index contributed by atoms with van der Waals surface area (Å²) in [4.78, 5) is 24.7. The van der Waals surface area contributed by atoms with Crippen LogP contribution in [0.2, 0.25) is 0 Å². The molecule has 18 heavy (non-hydrogen) atoms. The highest BCUT2D eigenvalue weighted by Crippen LogP contribution is 2.17. The lowest BCUT2D eigenvalue weighted by Crippen LogP contribution is -2.47. The topological polar surface area (TPSA) is 89.9 Å². The van der Waals surface area contributed by atoms with E-state index in [1.165, 1.54) is 13.8 Å². The van der Waals surface area contributed by atoms with E-state index in [1.807, 2.05) is 0 Å². The molecule has 1 atom stereocenters. The van der Waals surface area contributed by atoms with Crippen molar-refractivity contribution in [3.8, 4) is 0 Å². The Bertz CT molecular complexity index is 309. The first-order valence-electron chi connectivity index (χ1n) is 6.22. The molecule has 0 aromatic rings. The Morgan fingerprint density at radius 3 is 2.39 bits per heavy atom. The van der Waals surface area contributed by atoms with E-state index >= 15 is 0 Å². The average Bonchev–Trinajstić information content (AvgIpc) is 2.36. The molecule has 0 spiro atoms. The maximum atomic E-state index is 11.8. The lowest BCUT2D eigenvalue weighted by Gasteiger charge is -2.31. The Morgan fingerprint density at radius 1 is 1.39 bits per heavy atom. The molecule has 0 aliphatic carbocycles. The van der Waals surface area contributed by atoms with Crippen LogP contribution in [0.4, 0.5) is 0 Å². The number of carbonyl (C=O) groups is 2. The van der Waals surface area contributed by atoms with Gasteiger partial charge in [0.25, 0.3) is 0 Å². The number of carbonyl (C=O) groups excluding carboxylic acids is 2. The molecule has 6 heteroatoms. The first-order valence-corrected chi connectivity index (χ1v) is 6.22. The summed E-state index contributed by atoms with van der Waals surface area (Å²) in [5, 5.41) is 21.1. The fourth-order valence-corrected chi connectivity index (χ4v) is 1.93. The standard InChI is InChI=1S/C12H22N2O4/c1-9(16)14-5-3-10(4-6-14)11(17)13-7-12(2,18)8-15/h10,15,18H,3-8H2,1-2H3,(H,13,17). The third kappa shape index (κ3) is 4.27. The van der Waals surface area contributed by atoms with E-state index in [-0.39, 0.29) is 24.3 Å². The molecule has 1 saturated heterocycles. The number of amides is 2. The number of hydrogen-bond acceptors (Lipinski definition) is 4. The number of nitrogens with one attached hydrogen (secondary N) is 1. The van der Waals surface area contributed by atoms with Crippen molar-refractivity contribution in [1.82, 2.24) is 10.2 Å². The normalized spacial score (nSPS) is 20.3. The van der Waals surface area contributed by atoms with E-state index in [1.54, 1.807) is 4.90 Å². The summed E-state index contributed by atoms with van der Waals surface area (Å²) in [6.45, 7) is 3.84. The number of likely N-dealkylation sites (tertiary alicyclic amines) is 1. The first-order chi connectivity index (χ1) is 8.35. The van der Waals surface area contributed by atoms with E-state index in [0.29, 0.717) is 25.9 Å². The largest absolute Gasteiger partial charge is 0.393 e. The van der Waals surface area contributed by atoms with Crippen LogP contribution in [-0.4, -0.2) is 58.8 Å². The third-order valence-corrected chi connectivity index (χ3v) is 3.30. The van der Waals surface area contributed by atoms with Crippen molar-refractivity contribution < 1.29 is 19.8 Å². The second-order valence-corrected chi connectivity index (χ2v) is 5.15. The third-order valence-electron chi connectivity index (χ3n) is 3.30. The highest BCUT2D eigenvalue weighted by Gasteiger charge is 2.27.